The second-order valence-electron chi connectivity index (χ2n) is 5.37. The topological polar surface area (TPSA) is 9.23 Å². The molecule has 0 heterocycles. The van der Waals surface area contributed by atoms with E-state index < -0.39 is 17.1 Å². The molecule has 0 radical (unpaired) electrons. The van der Waals surface area contributed by atoms with Gasteiger partial charge in [0.2, 0.25) is 0 Å². The molecule has 0 aliphatic heterocycles. The van der Waals surface area contributed by atoms with Gasteiger partial charge in [0.15, 0.2) is 8.32 Å². The summed E-state index contributed by atoms with van der Waals surface area (Å²) in [4.78, 5) is 0. The Morgan fingerprint density at radius 1 is 1.23 bits per heavy atom. The second kappa shape index (κ2) is 4.76. The molecular weight excluding hydrogens is 192 g/mol. The molecule has 0 spiro atoms. The molecule has 0 rings (SSSR count). The maximum absolute atomic E-state index is 6.33. The minimum atomic E-state index is -1.37. The van der Waals surface area contributed by atoms with E-state index in [4.69, 9.17) is 4.43 Å². The molecule has 13 heavy (non-hydrogen) atoms. The van der Waals surface area contributed by atoms with Crippen LogP contribution in [0.25, 0.3) is 0 Å². The standard InChI is InChI=1S/C10H26OSi2/c1-8-9-13(6,7)11-10(2,3)12(4)5/h12H,8-9H2,1-7H3. The van der Waals surface area contributed by atoms with Crippen LogP contribution >= 0.6 is 0 Å². The Morgan fingerprint density at radius 2 is 1.69 bits per heavy atom. The molecule has 80 valence electrons. The molecule has 0 amide bonds. The average molecular weight is 218 g/mol. The third-order valence-electron chi connectivity index (χ3n) is 2.78. The van der Waals surface area contributed by atoms with Gasteiger partial charge in [-0.3, -0.25) is 0 Å². The Kier molecular flexibility index (Phi) is 4.90. The predicted octanol–water partition coefficient (Wildman–Crippen LogP) is 3.42. The zero-order chi connectivity index (χ0) is 10.7. The lowest BCUT2D eigenvalue weighted by atomic mass is 10.5. The van der Waals surface area contributed by atoms with Crippen LogP contribution in [0.5, 0.6) is 0 Å². The van der Waals surface area contributed by atoms with Crippen LogP contribution in [0.1, 0.15) is 27.2 Å². The summed E-state index contributed by atoms with van der Waals surface area (Å²) in [5, 5.41) is 0.185. The molecule has 0 saturated carbocycles. The Labute approximate surface area is 86.6 Å². The fourth-order valence-electron chi connectivity index (χ4n) is 1.48. The number of hydrogen-bond donors (Lipinski definition) is 0. The van der Waals surface area contributed by atoms with Gasteiger partial charge in [0.05, 0.1) is 8.80 Å². The highest BCUT2D eigenvalue weighted by atomic mass is 28.4. The molecule has 0 bridgehead atoms. The summed E-state index contributed by atoms with van der Waals surface area (Å²) in [6.45, 7) is 16.2. The summed E-state index contributed by atoms with van der Waals surface area (Å²) in [6, 6.07) is 1.29. The highest BCUT2D eigenvalue weighted by Crippen LogP contribution is 2.23. The van der Waals surface area contributed by atoms with Crippen LogP contribution in [-0.4, -0.2) is 22.3 Å². The number of hydrogen-bond acceptors (Lipinski definition) is 1. The van der Waals surface area contributed by atoms with Gasteiger partial charge in [-0.2, -0.15) is 0 Å². The van der Waals surface area contributed by atoms with Crippen molar-refractivity contribution in [3.8, 4) is 0 Å². The van der Waals surface area contributed by atoms with Crippen LogP contribution < -0.4 is 0 Å². The molecular formula is C10H26OSi2. The summed E-state index contributed by atoms with van der Waals surface area (Å²) in [7, 11) is -2.06. The van der Waals surface area contributed by atoms with Gasteiger partial charge in [0.1, 0.15) is 0 Å². The molecule has 0 aromatic rings. The number of rotatable bonds is 5. The lowest BCUT2D eigenvalue weighted by Crippen LogP contribution is -2.47. The van der Waals surface area contributed by atoms with Crippen LogP contribution in [0.4, 0.5) is 0 Å². The second-order valence-corrected chi connectivity index (χ2v) is 13.3. The maximum atomic E-state index is 6.33. The lowest BCUT2D eigenvalue weighted by Gasteiger charge is -2.37. The Bertz CT molecular complexity index is 153. The van der Waals surface area contributed by atoms with Gasteiger partial charge in [0.25, 0.3) is 0 Å². The van der Waals surface area contributed by atoms with Crippen molar-refractivity contribution in [3.63, 3.8) is 0 Å². The van der Waals surface area contributed by atoms with Crippen molar-refractivity contribution < 1.29 is 4.43 Å². The molecule has 0 unspecified atom stereocenters. The molecule has 0 aromatic heterocycles. The Balaban J connectivity index is 4.24. The van der Waals surface area contributed by atoms with Crippen molar-refractivity contribution in [1.29, 1.82) is 0 Å². The van der Waals surface area contributed by atoms with E-state index in [0.29, 0.717) is 0 Å². The van der Waals surface area contributed by atoms with Crippen LogP contribution in [0.3, 0.4) is 0 Å². The van der Waals surface area contributed by atoms with Gasteiger partial charge in [0, 0.05) is 5.22 Å². The van der Waals surface area contributed by atoms with Crippen molar-refractivity contribution in [3.05, 3.63) is 0 Å². The summed E-state index contributed by atoms with van der Waals surface area (Å²) in [5.74, 6) is 0. The van der Waals surface area contributed by atoms with E-state index in [2.05, 4.69) is 47.0 Å². The minimum absolute atomic E-state index is 0.185. The molecule has 0 fully saturated rings. The summed E-state index contributed by atoms with van der Waals surface area (Å²) >= 11 is 0. The van der Waals surface area contributed by atoms with Crippen LogP contribution in [-0.2, 0) is 4.43 Å². The third kappa shape index (κ3) is 4.98. The first-order valence-corrected chi connectivity index (χ1v) is 11.4. The summed E-state index contributed by atoms with van der Waals surface area (Å²) in [6.07, 6.45) is 1.26. The highest BCUT2D eigenvalue weighted by Gasteiger charge is 2.32. The Morgan fingerprint density at radius 3 is 2.00 bits per heavy atom. The van der Waals surface area contributed by atoms with Gasteiger partial charge in [-0.15, -0.1) is 0 Å². The molecule has 1 nitrogen and oxygen atoms in total. The van der Waals surface area contributed by atoms with Gasteiger partial charge in [-0.05, 0) is 33.0 Å². The van der Waals surface area contributed by atoms with E-state index in [9.17, 15) is 0 Å². The van der Waals surface area contributed by atoms with E-state index >= 15 is 0 Å². The molecule has 3 heteroatoms. The first-order valence-electron chi connectivity index (χ1n) is 5.41. The van der Waals surface area contributed by atoms with Crippen molar-refractivity contribution in [1.82, 2.24) is 0 Å². The first-order chi connectivity index (χ1) is 5.71. The third-order valence-corrected chi connectivity index (χ3v) is 8.70. The van der Waals surface area contributed by atoms with Crippen LogP contribution in [0.15, 0.2) is 0 Å². The quantitative estimate of drug-likeness (QED) is 0.643. The zero-order valence-corrected chi connectivity index (χ0v) is 12.6. The molecule has 0 saturated heterocycles. The predicted molar refractivity (Wildman–Crippen MR) is 66.6 cm³/mol. The highest BCUT2D eigenvalue weighted by molar-refractivity contribution is 6.72. The average Bonchev–Trinajstić information content (AvgIpc) is 1.83. The monoisotopic (exact) mass is 218 g/mol. The van der Waals surface area contributed by atoms with E-state index in [1.165, 1.54) is 12.5 Å². The van der Waals surface area contributed by atoms with Crippen LogP contribution in [0, 0.1) is 0 Å². The normalized spacial score (nSPS) is 13.8. The maximum Gasteiger partial charge on any atom is 0.187 e. The largest absolute Gasteiger partial charge is 0.416 e. The fourth-order valence-corrected chi connectivity index (χ4v) is 6.11. The van der Waals surface area contributed by atoms with Gasteiger partial charge in [-0.25, -0.2) is 0 Å². The van der Waals surface area contributed by atoms with Gasteiger partial charge < -0.3 is 4.43 Å². The van der Waals surface area contributed by atoms with Crippen molar-refractivity contribution in [2.45, 2.75) is 64.6 Å². The van der Waals surface area contributed by atoms with E-state index in [1.807, 2.05) is 0 Å². The fraction of sp³-hybridized carbons (Fsp3) is 1.00. The molecule has 0 aliphatic rings. The molecule has 0 N–H and O–H groups in total. The van der Waals surface area contributed by atoms with E-state index in [1.54, 1.807) is 0 Å². The lowest BCUT2D eigenvalue weighted by molar-refractivity contribution is 0.179. The first kappa shape index (κ1) is 13.4. The van der Waals surface area contributed by atoms with Crippen molar-refractivity contribution >= 4 is 17.1 Å². The van der Waals surface area contributed by atoms with E-state index in [0.717, 1.165) is 0 Å². The SMILES string of the molecule is CCC[Si](C)(C)OC(C)(C)[SiH](C)C. The molecule has 0 aromatic carbocycles. The Hall–Kier alpha value is 0.394. The zero-order valence-electron chi connectivity index (χ0n) is 10.4. The van der Waals surface area contributed by atoms with Crippen molar-refractivity contribution in [2.75, 3.05) is 0 Å². The van der Waals surface area contributed by atoms with Crippen molar-refractivity contribution in [2.24, 2.45) is 0 Å². The van der Waals surface area contributed by atoms with Crippen LogP contribution in [0.2, 0.25) is 32.2 Å². The van der Waals surface area contributed by atoms with E-state index in [-0.39, 0.29) is 5.22 Å². The van der Waals surface area contributed by atoms with Gasteiger partial charge >= 0.3 is 0 Å². The smallest absolute Gasteiger partial charge is 0.187 e. The molecule has 0 atom stereocenters. The summed E-state index contributed by atoms with van der Waals surface area (Å²) in [5.41, 5.74) is 0. The molecule has 0 aliphatic carbocycles. The summed E-state index contributed by atoms with van der Waals surface area (Å²) < 4.78 is 6.33. The minimum Gasteiger partial charge on any atom is -0.416 e. The van der Waals surface area contributed by atoms with Gasteiger partial charge in [-0.1, -0.05) is 26.4 Å².